The first-order valence-electron chi connectivity index (χ1n) is 7.37. The van der Waals surface area contributed by atoms with Crippen LogP contribution < -0.4 is 15.8 Å². The quantitative estimate of drug-likeness (QED) is 0.576. The second-order valence-corrected chi connectivity index (χ2v) is 6.39. The van der Waals surface area contributed by atoms with E-state index in [1.807, 2.05) is 0 Å². The molecule has 5 nitrogen and oxygen atoms in total. The van der Waals surface area contributed by atoms with Crippen molar-refractivity contribution in [3.8, 4) is 5.75 Å². The smallest absolute Gasteiger partial charge is 0.298 e. The Kier molecular flexibility index (Phi) is 4.54. The van der Waals surface area contributed by atoms with E-state index in [1.165, 1.54) is 0 Å². The minimum absolute atomic E-state index is 0.200. The number of carbonyl (C=O) groups excluding carboxylic acids is 1. The van der Waals surface area contributed by atoms with Crippen LogP contribution in [0.25, 0.3) is 0 Å². The Morgan fingerprint density at radius 1 is 1.45 bits per heavy atom. The van der Waals surface area contributed by atoms with Gasteiger partial charge in [-0.25, -0.2) is 0 Å². The summed E-state index contributed by atoms with van der Waals surface area (Å²) in [4.78, 5) is 10.5. The average Bonchev–Trinajstić information content (AvgIpc) is 2.46. The molecule has 1 aliphatic carbocycles. The van der Waals surface area contributed by atoms with E-state index < -0.39 is 0 Å². The molecular weight excluding hydrogens is 278 g/mol. The van der Waals surface area contributed by atoms with Crippen molar-refractivity contribution in [2.75, 3.05) is 12.4 Å². The number of hydrogen-bond acceptors (Lipinski definition) is 5. The van der Waals surface area contributed by atoms with E-state index in [1.54, 1.807) is 25.2 Å². The fourth-order valence-electron chi connectivity index (χ4n) is 2.83. The normalized spacial score (nSPS) is 17.0. The summed E-state index contributed by atoms with van der Waals surface area (Å²) in [6.45, 7) is 4.79. The van der Waals surface area contributed by atoms with Gasteiger partial charge in [-0.15, -0.1) is 0 Å². The summed E-state index contributed by atoms with van der Waals surface area (Å²) in [7, 11) is 1.75. The van der Waals surface area contributed by atoms with Crippen molar-refractivity contribution in [3.05, 3.63) is 35.0 Å². The Hall–Kier alpha value is -2.30. The van der Waals surface area contributed by atoms with E-state index >= 15 is 0 Å². The monoisotopic (exact) mass is 301 g/mol. The summed E-state index contributed by atoms with van der Waals surface area (Å²) >= 11 is 0. The minimum Gasteiger partial charge on any atom is -0.427 e. The predicted molar refractivity (Wildman–Crippen MR) is 88.4 cm³/mol. The number of rotatable bonds is 5. The van der Waals surface area contributed by atoms with Crippen LogP contribution in [0.15, 0.2) is 29.5 Å². The standard InChI is InChI=1S/C17H23N3O2/c1-17(2)7-6-12(13(18)9-17)16(19)11-4-5-15(22-10-21)14(8-11)20-3/h4-5,8,10,19-20H,6-7,9,18H2,1-3H3. The Labute approximate surface area is 131 Å². The molecule has 0 bridgehead atoms. The number of carbonyl (C=O) groups is 1. The molecule has 2 rings (SSSR count). The molecule has 0 spiro atoms. The highest BCUT2D eigenvalue weighted by molar-refractivity contribution is 6.11. The SMILES string of the molecule is CNc1cc(C(=N)C2=C(N)CC(C)(C)CC2)ccc1OC=O. The van der Waals surface area contributed by atoms with Gasteiger partial charge in [-0.3, -0.25) is 10.2 Å². The molecule has 0 unspecified atom stereocenters. The number of anilines is 1. The summed E-state index contributed by atoms with van der Waals surface area (Å²) in [6.07, 6.45) is 2.66. The van der Waals surface area contributed by atoms with E-state index in [0.29, 0.717) is 23.6 Å². The number of benzene rings is 1. The molecule has 0 aliphatic heterocycles. The number of hydrogen-bond donors (Lipinski definition) is 3. The van der Waals surface area contributed by atoms with Gasteiger partial charge < -0.3 is 15.8 Å². The number of ether oxygens (including phenoxy) is 1. The number of nitrogens with one attached hydrogen (secondary N) is 2. The van der Waals surface area contributed by atoms with Crippen LogP contribution in [0.3, 0.4) is 0 Å². The molecule has 0 fully saturated rings. The van der Waals surface area contributed by atoms with Crippen LogP contribution >= 0.6 is 0 Å². The Bertz CT molecular complexity index is 633. The highest BCUT2D eigenvalue weighted by Crippen LogP contribution is 2.38. The summed E-state index contributed by atoms with van der Waals surface area (Å²) < 4.78 is 4.91. The van der Waals surface area contributed by atoms with Crippen molar-refractivity contribution in [2.24, 2.45) is 11.1 Å². The van der Waals surface area contributed by atoms with Crippen molar-refractivity contribution >= 4 is 17.9 Å². The lowest BCUT2D eigenvalue weighted by molar-refractivity contribution is -0.120. The zero-order chi connectivity index (χ0) is 16.3. The van der Waals surface area contributed by atoms with E-state index in [2.05, 4.69) is 19.2 Å². The predicted octanol–water partition coefficient (Wildman–Crippen LogP) is 3.05. The van der Waals surface area contributed by atoms with Crippen LogP contribution in [-0.2, 0) is 4.79 Å². The molecule has 1 aromatic rings. The highest BCUT2D eigenvalue weighted by atomic mass is 16.5. The van der Waals surface area contributed by atoms with Gasteiger partial charge in [-0.1, -0.05) is 13.8 Å². The highest BCUT2D eigenvalue weighted by Gasteiger charge is 2.27. The molecule has 0 saturated carbocycles. The maximum absolute atomic E-state index is 10.5. The van der Waals surface area contributed by atoms with E-state index in [4.69, 9.17) is 15.9 Å². The van der Waals surface area contributed by atoms with Gasteiger partial charge in [-0.05, 0) is 48.4 Å². The number of allylic oxidation sites excluding steroid dienone is 2. The van der Waals surface area contributed by atoms with Gasteiger partial charge in [0, 0.05) is 18.3 Å². The maximum atomic E-state index is 10.5. The van der Waals surface area contributed by atoms with Gasteiger partial charge in [0.2, 0.25) is 0 Å². The van der Waals surface area contributed by atoms with Gasteiger partial charge >= 0.3 is 0 Å². The van der Waals surface area contributed by atoms with Crippen LogP contribution in [0.5, 0.6) is 5.75 Å². The molecule has 118 valence electrons. The second-order valence-electron chi connectivity index (χ2n) is 6.39. The summed E-state index contributed by atoms with van der Waals surface area (Å²) in [6, 6.07) is 5.27. The summed E-state index contributed by atoms with van der Waals surface area (Å²) in [5.74, 6) is 0.445. The molecule has 0 aromatic heterocycles. The zero-order valence-electron chi connectivity index (χ0n) is 13.3. The summed E-state index contributed by atoms with van der Waals surface area (Å²) in [5.41, 5.74) is 10.0. The largest absolute Gasteiger partial charge is 0.427 e. The van der Waals surface area contributed by atoms with Crippen molar-refractivity contribution in [2.45, 2.75) is 33.1 Å². The molecule has 0 atom stereocenters. The molecule has 0 saturated heterocycles. The zero-order valence-corrected chi connectivity index (χ0v) is 13.3. The van der Waals surface area contributed by atoms with Crippen LogP contribution in [0.4, 0.5) is 5.69 Å². The third kappa shape index (κ3) is 3.30. The molecule has 0 heterocycles. The van der Waals surface area contributed by atoms with Crippen molar-refractivity contribution in [3.63, 3.8) is 0 Å². The summed E-state index contributed by atoms with van der Waals surface area (Å²) in [5, 5.41) is 11.4. The van der Waals surface area contributed by atoms with Crippen molar-refractivity contribution in [1.82, 2.24) is 0 Å². The lowest BCUT2D eigenvalue weighted by atomic mass is 9.75. The Balaban J connectivity index is 2.32. The topological polar surface area (TPSA) is 88.2 Å². The molecule has 5 heteroatoms. The van der Waals surface area contributed by atoms with E-state index in [0.717, 1.165) is 36.1 Å². The third-order valence-corrected chi connectivity index (χ3v) is 4.12. The van der Waals surface area contributed by atoms with Gasteiger partial charge in [0.1, 0.15) is 0 Å². The molecule has 22 heavy (non-hydrogen) atoms. The van der Waals surface area contributed by atoms with Crippen LogP contribution in [0.1, 0.15) is 38.7 Å². The lowest BCUT2D eigenvalue weighted by Crippen LogP contribution is -2.25. The fraction of sp³-hybridized carbons (Fsp3) is 0.412. The van der Waals surface area contributed by atoms with Gasteiger partial charge in [0.15, 0.2) is 5.75 Å². The number of nitrogens with two attached hydrogens (primary N) is 1. The van der Waals surface area contributed by atoms with Gasteiger partial charge in [0.25, 0.3) is 6.47 Å². The molecule has 0 radical (unpaired) electrons. The molecule has 1 aliphatic rings. The first kappa shape index (κ1) is 16.1. The third-order valence-electron chi connectivity index (χ3n) is 4.12. The van der Waals surface area contributed by atoms with Crippen LogP contribution in [-0.4, -0.2) is 19.2 Å². The van der Waals surface area contributed by atoms with Crippen LogP contribution in [0, 0.1) is 10.8 Å². The Morgan fingerprint density at radius 2 is 2.18 bits per heavy atom. The van der Waals surface area contributed by atoms with Gasteiger partial charge in [0.05, 0.1) is 11.4 Å². The molecular formula is C17H23N3O2. The molecule has 0 amide bonds. The second kappa shape index (κ2) is 6.22. The fourth-order valence-corrected chi connectivity index (χ4v) is 2.83. The first-order chi connectivity index (χ1) is 10.4. The molecule has 4 N–H and O–H groups in total. The van der Waals surface area contributed by atoms with Crippen molar-refractivity contribution < 1.29 is 9.53 Å². The minimum atomic E-state index is 0.200. The lowest BCUT2D eigenvalue weighted by Gasteiger charge is -2.31. The maximum Gasteiger partial charge on any atom is 0.298 e. The van der Waals surface area contributed by atoms with Crippen LogP contribution in [0.2, 0.25) is 0 Å². The van der Waals surface area contributed by atoms with Crippen molar-refractivity contribution in [1.29, 1.82) is 5.41 Å². The van der Waals surface area contributed by atoms with E-state index in [9.17, 15) is 4.79 Å². The molecule has 1 aromatic carbocycles. The first-order valence-corrected chi connectivity index (χ1v) is 7.37. The average molecular weight is 301 g/mol. The van der Waals surface area contributed by atoms with Gasteiger partial charge in [-0.2, -0.15) is 0 Å². The Morgan fingerprint density at radius 3 is 2.77 bits per heavy atom. The van der Waals surface area contributed by atoms with E-state index in [-0.39, 0.29) is 5.41 Å².